The number of nitrogens with zero attached hydrogens (tertiary/aromatic N) is 2. The van der Waals surface area contributed by atoms with Gasteiger partial charge in [-0.3, -0.25) is 10.1 Å². The number of aromatic nitrogens is 2. The van der Waals surface area contributed by atoms with E-state index < -0.39 is 12.1 Å². The average molecular weight is 523 g/mol. The standard InChI is InChI=1S/C21H21BrClN5O2S/c1-3-12(2)17(25-20(30)24-16-6-4-5-15(23)11-16)18(29)26-21-28-27-19(31-21)13-7-9-14(22)10-8-13/h4-12,17H,3H2,1-2H3,(H2,24,25,30)(H,26,28,29)/t12-,17+/m1/s1. The van der Waals surface area contributed by atoms with Crippen LogP contribution in [0.3, 0.4) is 0 Å². The van der Waals surface area contributed by atoms with Gasteiger partial charge in [-0.1, -0.05) is 77.3 Å². The van der Waals surface area contributed by atoms with Crippen molar-refractivity contribution < 1.29 is 9.59 Å². The minimum absolute atomic E-state index is 0.0935. The van der Waals surface area contributed by atoms with Crippen LogP contribution in [0.2, 0.25) is 5.02 Å². The third-order valence-corrected chi connectivity index (χ3v) is 6.26. The number of carbonyl (C=O) groups excluding carboxylic acids is 2. The molecular formula is C21H21BrClN5O2S. The Morgan fingerprint density at radius 2 is 1.87 bits per heavy atom. The number of hydrogen-bond donors (Lipinski definition) is 3. The van der Waals surface area contributed by atoms with Gasteiger partial charge in [-0.25, -0.2) is 4.79 Å². The Morgan fingerprint density at radius 3 is 2.55 bits per heavy atom. The first kappa shape index (κ1) is 23.2. The Morgan fingerprint density at radius 1 is 1.13 bits per heavy atom. The van der Waals surface area contributed by atoms with Crippen molar-refractivity contribution in [3.05, 3.63) is 58.0 Å². The van der Waals surface area contributed by atoms with E-state index >= 15 is 0 Å². The van der Waals surface area contributed by atoms with E-state index in [-0.39, 0.29) is 11.8 Å². The third-order valence-electron chi connectivity index (χ3n) is 4.61. The van der Waals surface area contributed by atoms with Crippen molar-refractivity contribution in [3.63, 3.8) is 0 Å². The first-order valence-corrected chi connectivity index (χ1v) is 11.6. The normalized spacial score (nSPS) is 12.6. The molecule has 0 bridgehead atoms. The Balaban J connectivity index is 1.67. The number of carbonyl (C=O) groups is 2. The zero-order valence-electron chi connectivity index (χ0n) is 16.9. The van der Waals surface area contributed by atoms with E-state index in [2.05, 4.69) is 42.1 Å². The molecule has 2 aromatic carbocycles. The molecule has 0 aliphatic rings. The molecule has 7 nitrogen and oxygen atoms in total. The van der Waals surface area contributed by atoms with E-state index in [1.54, 1.807) is 24.3 Å². The zero-order valence-corrected chi connectivity index (χ0v) is 20.0. The third kappa shape index (κ3) is 6.49. The molecule has 3 amide bonds. The largest absolute Gasteiger partial charge is 0.326 e. The van der Waals surface area contributed by atoms with Gasteiger partial charge in [-0.05, 0) is 36.2 Å². The highest BCUT2D eigenvalue weighted by molar-refractivity contribution is 9.10. The number of rotatable bonds is 7. The Bertz CT molecular complexity index is 1060. The lowest BCUT2D eigenvalue weighted by Gasteiger charge is -2.23. The summed E-state index contributed by atoms with van der Waals surface area (Å²) in [4.78, 5) is 25.4. The molecule has 0 aliphatic carbocycles. The molecule has 3 N–H and O–H groups in total. The van der Waals surface area contributed by atoms with Crippen LogP contribution in [-0.2, 0) is 4.79 Å². The maximum absolute atomic E-state index is 12.9. The van der Waals surface area contributed by atoms with Crippen molar-refractivity contribution in [1.29, 1.82) is 0 Å². The first-order valence-electron chi connectivity index (χ1n) is 9.59. The van der Waals surface area contributed by atoms with Gasteiger partial charge in [-0.2, -0.15) is 0 Å². The summed E-state index contributed by atoms with van der Waals surface area (Å²) in [5.41, 5.74) is 1.44. The molecule has 3 aromatic rings. The molecule has 1 aromatic heterocycles. The molecule has 0 radical (unpaired) electrons. The first-order chi connectivity index (χ1) is 14.9. The van der Waals surface area contributed by atoms with Crippen LogP contribution < -0.4 is 16.0 Å². The Kier molecular flexibility index (Phi) is 8.00. The zero-order chi connectivity index (χ0) is 22.4. The minimum atomic E-state index is -0.746. The fraction of sp³-hybridized carbons (Fsp3) is 0.238. The van der Waals surface area contributed by atoms with Crippen molar-refractivity contribution in [2.24, 2.45) is 5.92 Å². The van der Waals surface area contributed by atoms with Crippen LogP contribution in [0.25, 0.3) is 10.6 Å². The van der Waals surface area contributed by atoms with Crippen molar-refractivity contribution in [1.82, 2.24) is 15.5 Å². The van der Waals surface area contributed by atoms with Gasteiger partial charge < -0.3 is 10.6 Å². The van der Waals surface area contributed by atoms with Crippen LogP contribution in [0.5, 0.6) is 0 Å². The van der Waals surface area contributed by atoms with Crippen LogP contribution in [0.4, 0.5) is 15.6 Å². The van der Waals surface area contributed by atoms with Crippen LogP contribution >= 0.6 is 38.9 Å². The summed E-state index contributed by atoms with van der Waals surface area (Å²) in [5.74, 6) is -0.446. The number of urea groups is 1. The number of benzene rings is 2. The molecule has 0 saturated carbocycles. The summed E-state index contributed by atoms with van der Waals surface area (Å²) in [5, 5.41) is 18.0. The van der Waals surface area contributed by atoms with Gasteiger partial charge in [0, 0.05) is 20.7 Å². The van der Waals surface area contributed by atoms with Crippen LogP contribution in [0, 0.1) is 5.92 Å². The summed E-state index contributed by atoms with van der Waals surface area (Å²) in [7, 11) is 0. The molecule has 0 unspecified atom stereocenters. The van der Waals surface area contributed by atoms with Gasteiger partial charge in [0.05, 0.1) is 0 Å². The number of amides is 3. The smallest absolute Gasteiger partial charge is 0.319 e. The summed E-state index contributed by atoms with van der Waals surface area (Å²) < 4.78 is 0.966. The number of anilines is 2. The van der Waals surface area contributed by atoms with Crippen LogP contribution in [-0.4, -0.2) is 28.2 Å². The lowest BCUT2D eigenvalue weighted by atomic mass is 9.98. The second-order valence-electron chi connectivity index (χ2n) is 6.88. The molecular weight excluding hydrogens is 502 g/mol. The Labute approximate surface area is 197 Å². The maximum Gasteiger partial charge on any atom is 0.319 e. The minimum Gasteiger partial charge on any atom is -0.326 e. The molecule has 0 saturated heterocycles. The summed E-state index contributed by atoms with van der Waals surface area (Å²) in [6, 6.07) is 13.2. The lowest BCUT2D eigenvalue weighted by Crippen LogP contribution is -2.49. The molecule has 31 heavy (non-hydrogen) atoms. The number of nitrogens with one attached hydrogen (secondary N) is 3. The average Bonchev–Trinajstić information content (AvgIpc) is 3.20. The number of halogens is 2. The quantitative estimate of drug-likeness (QED) is 0.366. The molecule has 3 rings (SSSR count). The van der Waals surface area contributed by atoms with Gasteiger partial charge in [0.1, 0.15) is 11.0 Å². The molecule has 162 valence electrons. The Hall–Kier alpha value is -2.49. The van der Waals surface area contributed by atoms with Crippen molar-refractivity contribution in [2.45, 2.75) is 26.3 Å². The van der Waals surface area contributed by atoms with Crippen LogP contribution in [0.1, 0.15) is 20.3 Å². The molecule has 0 fully saturated rings. The maximum atomic E-state index is 12.9. The van der Waals surface area contributed by atoms with Gasteiger partial charge in [-0.15, -0.1) is 10.2 Å². The van der Waals surface area contributed by atoms with Gasteiger partial charge in [0.15, 0.2) is 0 Å². The topological polar surface area (TPSA) is 96.0 Å². The van der Waals surface area contributed by atoms with Gasteiger partial charge in [0.2, 0.25) is 11.0 Å². The second kappa shape index (κ2) is 10.7. The van der Waals surface area contributed by atoms with Gasteiger partial charge in [0.25, 0.3) is 0 Å². The fourth-order valence-electron chi connectivity index (χ4n) is 2.74. The predicted molar refractivity (Wildman–Crippen MR) is 129 cm³/mol. The summed E-state index contributed by atoms with van der Waals surface area (Å²) >= 11 is 10.6. The van der Waals surface area contributed by atoms with E-state index in [0.29, 0.717) is 27.3 Å². The highest BCUT2D eigenvalue weighted by Crippen LogP contribution is 2.27. The van der Waals surface area contributed by atoms with Crippen molar-refractivity contribution >= 4 is 61.6 Å². The fourth-order valence-corrected chi connectivity index (χ4v) is 3.95. The SMILES string of the molecule is CC[C@@H](C)[C@H](NC(=O)Nc1cccc(Cl)c1)C(=O)Nc1nnc(-c2ccc(Br)cc2)s1. The molecule has 2 atom stereocenters. The van der Waals surface area contributed by atoms with Crippen LogP contribution in [0.15, 0.2) is 53.0 Å². The predicted octanol–water partition coefficient (Wildman–Crippen LogP) is 5.80. The van der Waals surface area contributed by atoms with E-state index in [1.807, 2.05) is 38.1 Å². The summed E-state index contributed by atoms with van der Waals surface area (Å²) in [6.07, 6.45) is 0.704. The second-order valence-corrected chi connectivity index (χ2v) is 9.21. The monoisotopic (exact) mass is 521 g/mol. The van der Waals surface area contributed by atoms with E-state index in [0.717, 1.165) is 10.0 Å². The molecule has 0 aliphatic heterocycles. The molecule has 10 heteroatoms. The molecule has 0 spiro atoms. The van der Waals surface area contributed by atoms with Gasteiger partial charge >= 0.3 is 6.03 Å². The van der Waals surface area contributed by atoms with E-state index in [4.69, 9.17) is 11.6 Å². The highest BCUT2D eigenvalue weighted by atomic mass is 79.9. The lowest BCUT2D eigenvalue weighted by molar-refractivity contribution is -0.119. The van der Waals surface area contributed by atoms with Crippen molar-refractivity contribution in [3.8, 4) is 10.6 Å². The summed E-state index contributed by atoms with van der Waals surface area (Å²) in [6.45, 7) is 3.86. The highest BCUT2D eigenvalue weighted by Gasteiger charge is 2.27. The van der Waals surface area contributed by atoms with E-state index in [1.165, 1.54) is 11.3 Å². The number of hydrogen-bond acceptors (Lipinski definition) is 5. The van der Waals surface area contributed by atoms with E-state index in [9.17, 15) is 9.59 Å². The van der Waals surface area contributed by atoms with Crippen molar-refractivity contribution in [2.75, 3.05) is 10.6 Å². The molecule has 1 heterocycles.